The second kappa shape index (κ2) is 7.99. The third kappa shape index (κ3) is 4.48. The van der Waals surface area contributed by atoms with Crippen molar-refractivity contribution in [1.29, 1.82) is 5.41 Å². The van der Waals surface area contributed by atoms with E-state index in [-0.39, 0.29) is 12.3 Å². The summed E-state index contributed by atoms with van der Waals surface area (Å²) in [6.45, 7) is 1.94. The van der Waals surface area contributed by atoms with Crippen LogP contribution in [0.5, 0.6) is 5.75 Å². The van der Waals surface area contributed by atoms with Gasteiger partial charge in [0.2, 0.25) is 0 Å². The lowest BCUT2D eigenvalue weighted by Gasteiger charge is -2.39. The lowest BCUT2D eigenvalue weighted by atomic mass is 9.76. The standard InChI is InChI=1S/C19H29N3O2/c20-19(21)11-18(23)15-2-1-3-16(10-15)24-12-13-4-6-14(7-5-13)17-8-9-22-17/h1-3,10,13-14,17-18,22-23H,4-9,11-12H2,(H3,20,21). The number of nitrogens with one attached hydrogen (secondary N) is 2. The number of benzene rings is 1. The van der Waals surface area contributed by atoms with Gasteiger partial charge in [-0.25, -0.2) is 0 Å². The van der Waals surface area contributed by atoms with Gasteiger partial charge in [0.15, 0.2) is 0 Å². The van der Waals surface area contributed by atoms with Gasteiger partial charge < -0.3 is 20.9 Å². The Morgan fingerprint density at radius 2 is 2.04 bits per heavy atom. The highest BCUT2D eigenvalue weighted by Crippen LogP contribution is 2.34. The van der Waals surface area contributed by atoms with E-state index >= 15 is 0 Å². The molecule has 1 aromatic rings. The van der Waals surface area contributed by atoms with Crippen molar-refractivity contribution < 1.29 is 9.84 Å². The maximum atomic E-state index is 10.1. The van der Waals surface area contributed by atoms with Crippen LogP contribution >= 0.6 is 0 Å². The first-order chi connectivity index (χ1) is 11.6. The van der Waals surface area contributed by atoms with Gasteiger partial charge in [0, 0.05) is 12.5 Å². The van der Waals surface area contributed by atoms with Crippen molar-refractivity contribution in [3.63, 3.8) is 0 Å². The number of nitrogens with two attached hydrogens (primary N) is 1. The lowest BCUT2D eigenvalue weighted by Crippen LogP contribution is -2.48. The van der Waals surface area contributed by atoms with E-state index in [9.17, 15) is 5.11 Å². The van der Waals surface area contributed by atoms with Gasteiger partial charge in [-0.3, -0.25) is 5.41 Å². The number of hydrogen-bond donors (Lipinski definition) is 4. The second-order valence-electron chi connectivity index (χ2n) is 7.26. The quantitative estimate of drug-likeness (QED) is 0.456. The summed E-state index contributed by atoms with van der Waals surface area (Å²) >= 11 is 0. The zero-order valence-electron chi connectivity index (χ0n) is 14.2. The first kappa shape index (κ1) is 17.2. The monoisotopic (exact) mass is 331 g/mol. The number of hydrogen-bond acceptors (Lipinski definition) is 4. The molecule has 1 saturated carbocycles. The maximum Gasteiger partial charge on any atom is 0.119 e. The van der Waals surface area contributed by atoms with Gasteiger partial charge in [-0.15, -0.1) is 0 Å². The van der Waals surface area contributed by atoms with Crippen LogP contribution in [-0.2, 0) is 0 Å². The van der Waals surface area contributed by atoms with Crippen LogP contribution in [0.2, 0.25) is 0 Å². The molecule has 0 spiro atoms. The molecule has 1 aromatic carbocycles. The number of amidine groups is 1. The lowest BCUT2D eigenvalue weighted by molar-refractivity contribution is 0.142. The summed E-state index contributed by atoms with van der Waals surface area (Å²) in [7, 11) is 0. The van der Waals surface area contributed by atoms with Crippen LogP contribution in [0, 0.1) is 17.2 Å². The molecule has 5 N–H and O–H groups in total. The summed E-state index contributed by atoms with van der Waals surface area (Å²) in [4.78, 5) is 0. The van der Waals surface area contributed by atoms with Crippen LogP contribution in [0.15, 0.2) is 24.3 Å². The van der Waals surface area contributed by atoms with Crippen molar-refractivity contribution in [2.24, 2.45) is 17.6 Å². The molecule has 1 aliphatic heterocycles. The molecule has 2 unspecified atom stereocenters. The summed E-state index contributed by atoms with van der Waals surface area (Å²) in [5.74, 6) is 2.27. The Bertz CT molecular complexity index is 551. The first-order valence-electron chi connectivity index (χ1n) is 9.09. The van der Waals surface area contributed by atoms with Gasteiger partial charge in [0.25, 0.3) is 0 Å². The zero-order valence-corrected chi connectivity index (χ0v) is 14.2. The molecule has 1 aliphatic carbocycles. The molecule has 1 saturated heterocycles. The Balaban J connectivity index is 1.45. The van der Waals surface area contributed by atoms with Crippen molar-refractivity contribution >= 4 is 5.84 Å². The summed E-state index contributed by atoms with van der Waals surface area (Å²) in [6.07, 6.45) is 5.87. The van der Waals surface area contributed by atoms with E-state index < -0.39 is 6.10 Å². The highest BCUT2D eigenvalue weighted by atomic mass is 16.5. The molecule has 2 atom stereocenters. The molecule has 5 heteroatoms. The molecule has 2 aliphatic rings. The third-order valence-electron chi connectivity index (χ3n) is 5.46. The number of aliphatic hydroxyl groups excluding tert-OH is 1. The molecule has 0 bridgehead atoms. The molecular formula is C19H29N3O2. The Morgan fingerprint density at radius 1 is 1.29 bits per heavy atom. The van der Waals surface area contributed by atoms with Crippen molar-refractivity contribution in [2.45, 2.75) is 50.7 Å². The third-order valence-corrected chi connectivity index (χ3v) is 5.46. The van der Waals surface area contributed by atoms with Gasteiger partial charge in [0.1, 0.15) is 5.75 Å². The molecule has 24 heavy (non-hydrogen) atoms. The largest absolute Gasteiger partial charge is 0.493 e. The van der Waals surface area contributed by atoms with E-state index in [0.717, 1.165) is 29.9 Å². The van der Waals surface area contributed by atoms with E-state index in [1.807, 2.05) is 24.3 Å². The average molecular weight is 331 g/mol. The fraction of sp³-hybridized carbons (Fsp3) is 0.632. The molecule has 2 fully saturated rings. The van der Waals surface area contributed by atoms with Crippen LogP contribution in [-0.4, -0.2) is 30.1 Å². The average Bonchev–Trinajstić information content (AvgIpc) is 2.52. The highest BCUT2D eigenvalue weighted by Gasteiger charge is 2.30. The number of ether oxygens (including phenoxy) is 1. The topological polar surface area (TPSA) is 91.4 Å². The molecule has 3 rings (SSSR count). The van der Waals surface area contributed by atoms with Crippen molar-refractivity contribution in [1.82, 2.24) is 5.32 Å². The minimum Gasteiger partial charge on any atom is -0.493 e. The first-order valence-corrected chi connectivity index (χ1v) is 9.09. The Hall–Kier alpha value is -1.59. The Kier molecular flexibility index (Phi) is 5.74. The maximum absolute atomic E-state index is 10.1. The summed E-state index contributed by atoms with van der Waals surface area (Å²) in [6, 6.07) is 8.28. The zero-order chi connectivity index (χ0) is 16.9. The van der Waals surface area contributed by atoms with E-state index in [1.165, 1.54) is 38.6 Å². The second-order valence-corrected chi connectivity index (χ2v) is 7.26. The van der Waals surface area contributed by atoms with Crippen molar-refractivity contribution in [2.75, 3.05) is 13.2 Å². The summed E-state index contributed by atoms with van der Waals surface area (Å²) in [5, 5.41) is 20.9. The highest BCUT2D eigenvalue weighted by molar-refractivity contribution is 5.77. The van der Waals surface area contributed by atoms with Gasteiger partial charge in [-0.05, 0) is 68.2 Å². The van der Waals surface area contributed by atoms with Crippen LogP contribution in [0.1, 0.15) is 50.2 Å². The smallest absolute Gasteiger partial charge is 0.119 e. The molecule has 132 valence electrons. The van der Waals surface area contributed by atoms with Crippen LogP contribution in [0.4, 0.5) is 0 Å². The predicted molar refractivity (Wildman–Crippen MR) is 95.3 cm³/mol. The fourth-order valence-corrected chi connectivity index (χ4v) is 3.82. The Labute approximate surface area is 144 Å². The predicted octanol–water partition coefficient (Wildman–Crippen LogP) is 2.59. The minimum atomic E-state index is -0.739. The number of aliphatic hydroxyl groups is 1. The molecule has 1 heterocycles. The fourth-order valence-electron chi connectivity index (χ4n) is 3.82. The summed E-state index contributed by atoms with van der Waals surface area (Å²) in [5.41, 5.74) is 6.11. The molecule has 0 aromatic heterocycles. The van der Waals surface area contributed by atoms with E-state index in [2.05, 4.69) is 5.32 Å². The van der Waals surface area contributed by atoms with E-state index in [0.29, 0.717) is 5.92 Å². The normalized spacial score (nSPS) is 28.0. The molecule has 0 amide bonds. The van der Waals surface area contributed by atoms with Gasteiger partial charge in [0.05, 0.1) is 18.5 Å². The van der Waals surface area contributed by atoms with E-state index in [1.54, 1.807) is 0 Å². The van der Waals surface area contributed by atoms with Crippen molar-refractivity contribution in [3.05, 3.63) is 29.8 Å². The number of rotatable bonds is 7. The van der Waals surface area contributed by atoms with Gasteiger partial charge in [-0.1, -0.05) is 12.1 Å². The molecule has 0 radical (unpaired) electrons. The van der Waals surface area contributed by atoms with Crippen molar-refractivity contribution in [3.8, 4) is 5.75 Å². The van der Waals surface area contributed by atoms with Crippen LogP contribution in [0.3, 0.4) is 0 Å². The molecule has 5 nitrogen and oxygen atoms in total. The van der Waals surface area contributed by atoms with Gasteiger partial charge in [-0.2, -0.15) is 0 Å². The van der Waals surface area contributed by atoms with Gasteiger partial charge >= 0.3 is 0 Å². The van der Waals surface area contributed by atoms with E-state index in [4.69, 9.17) is 15.9 Å². The van der Waals surface area contributed by atoms with Crippen LogP contribution in [0.25, 0.3) is 0 Å². The van der Waals surface area contributed by atoms with Crippen LogP contribution < -0.4 is 15.8 Å². The molecular weight excluding hydrogens is 302 g/mol. The Morgan fingerprint density at radius 3 is 2.67 bits per heavy atom. The SMILES string of the molecule is N=C(N)CC(O)c1cccc(OCC2CCC(C3CCN3)CC2)c1. The minimum absolute atomic E-state index is 0.00784. The summed E-state index contributed by atoms with van der Waals surface area (Å²) < 4.78 is 5.97.